The lowest BCUT2D eigenvalue weighted by Crippen LogP contribution is -2.49. The van der Waals surface area contributed by atoms with Crippen LogP contribution in [0.4, 0.5) is 0 Å². The molecule has 0 spiro atoms. The normalized spacial score (nSPS) is 19.2. The molecule has 0 aliphatic carbocycles. The number of aliphatic hydroxyl groups is 1. The lowest BCUT2D eigenvalue weighted by molar-refractivity contribution is 0.0490. The van der Waals surface area contributed by atoms with Crippen LogP contribution in [0.3, 0.4) is 0 Å². The quantitative estimate of drug-likeness (QED) is 0.843. The molecule has 1 heterocycles. The minimum atomic E-state index is -0.519. The molecule has 21 heavy (non-hydrogen) atoms. The van der Waals surface area contributed by atoms with Gasteiger partial charge in [0.05, 0.1) is 12.7 Å². The van der Waals surface area contributed by atoms with Crippen molar-refractivity contribution in [3.8, 4) is 5.75 Å². The fraction of sp³-hybridized carbons (Fsp3) is 0.647. The molecular weight excluding hydrogens is 264 g/mol. The van der Waals surface area contributed by atoms with Gasteiger partial charge < -0.3 is 15.2 Å². The van der Waals surface area contributed by atoms with Crippen LogP contribution in [-0.2, 0) is 0 Å². The number of nitrogens with zero attached hydrogens (tertiary/aromatic N) is 1. The van der Waals surface area contributed by atoms with E-state index in [1.165, 1.54) is 0 Å². The Bertz CT molecular complexity index is 444. The van der Waals surface area contributed by atoms with Crippen molar-refractivity contribution in [1.29, 1.82) is 0 Å². The van der Waals surface area contributed by atoms with E-state index < -0.39 is 6.10 Å². The van der Waals surface area contributed by atoms with Crippen molar-refractivity contribution in [2.45, 2.75) is 39.3 Å². The summed E-state index contributed by atoms with van der Waals surface area (Å²) < 4.78 is 5.81. The first-order valence-electron chi connectivity index (χ1n) is 7.99. The third-order valence-electron chi connectivity index (χ3n) is 4.13. The van der Waals surface area contributed by atoms with Crippen molar-refractivity contribution in [3.05, 3.63) is 29.3 Å². The largest absolute Gasteiger partial charge is 0.493 e. The number of ether oxygens (including phenoxy) is 1. The van der Waals surface area contributed by atoms with Gasteiger partial charge in [-0.15, -0.1) is 0 Å². The van der Waals surface area contributed by atoms with Crippen molar-refractivity contribution < 1.29 is 9.84 Å². The molecule has 0 saturated carbocycles. The molecule has 4 heteroatoms. The summed E-state index contributed by atoms with van der Waals surface area (Å²) >= 11 is 0. The summed E-state index contributed by atoms with van der Waals surface area (Å²) in [6.45, 7) is 10.9. The molecule has 2 N–H and O–H groups in total. The smallest absolute Gasteiger partial charge is 0.125 e. The Morgan fingerprint density at radius 1 is 1.33 bits per heavy atom. The third kappa shape index (κ3) is 4.19. The zero-order chi connectivity index (χ0) is 15.2. The van der Waals surface area contributed by atoms with Gasteiger partial charge in [-0.2, -0.15) is 0 Å². The molecule has 1 aliphatic rings. The molecule has 2 atom stereocenters. The molecule has 1 aliphatic heterocycles. The van der Waals surface area contributed by atoms with E-state index in [0.29, 0.717) is 6.61 Å². The average molecular weight is 292 g/mol. The van der Waals surface area contributed by atoms with Crippen LogP contribution >= 0.6 is 0 Å². The van der Waals surface area contributed by atoms with Crippen LogP contribution in [0.25, 0.3) is 0 Å². The van der Waals surface area contributed by atoms with Crippen LogP contribution in [0, 0.1) is 6.92 Å². The molecule has 0 amide bonds. The highest BCUT2D eigenvalue weighted by molar-refractivity contribution is 5.39. The topological polar surface area (TPSA) is 44.7 Å². The highest BCUT2D eigenvalue weighted by Crippen LogP contribution is 2.30. The zero-order valence-corrected chi connectivity index (χ0v) is 13.4. The van der Waals surface area contributed by atoms with Gasteiger partial charge in [0.2, 0.25) is 0 Å². The van der Waals surface area contributed by atoms with Crippen molar-refractivity contribution in [2.24, 2.45) is 0 Å². The van der Waals surface area contributed by atoms with Crippen LogP contribution in [0.5, 0.6) is 5.75 Å². The third-order valence-corrected chi connectivity index (χ3v) is 4.13. The zero-order valence-electron chi connectivity index (χ0n) is 13.4. The van der Waals surface area contributed by atoms with Gasteiger partial charge in [-0.05, 0) is 32.4 Å². The molecule has 1 aromatic rings. The average Bonchev–Trinajstić information content (AvgIpc) is 2.53. The van der Waals surface area contributed by atoms with Gasteiger partial charge in [-0.3, -0.25) is 4.90 Å². The standard InChI is InChI=1S/C17H28N2O2/c1-4-11-21-16-6-5-13(2)12-15(16)17(20)14(3)19-9-7-18-8-10-19/h5-6,12,14,17-18,20H,4,7-11H2,1-3H3. The Kier molecular flexibility index (Phi) is 6.03. The summed E-state index contributed by atoms with van der Waals surface area (Å²) in [5.74, 6) is 0.817. The van der Waals surface area contributed by atoms with Gasteiger partial charge in [0, 0.05) is 37.8 Å². The first-order chi connectivity index (χ1) is 10.1. The van der Waals surface area contributed by atoms with Gasteiger partial charge in [-0.25, -0.2) is 0 Å². The van der Waals surface area contributed by atoms with Crippen LogP contribution in [0.1, 0.15) is 37.5 Å². The summed E-state index contributed by atoms with van der Waals surface area (Å²) in [6.07, 6.45) is 0.450. The van der Waals surface area contributed by atoms with Crippen LogP contribution < -0.4 is 10.1 Å². The van der Waals surface area contributed by atoms with E-state index in [1.54, 1.807) is 0 Å². The van der Waals surface area contributed by atoms with E-state index >= 15 is 0 Å². The fourth-order valence-corrected chi connectivity index (χ4v) is 2.79. The maximum absolute atomic E-state index is 10.8. The van der Waals surface area contributed by atoms with E-state index in [2.05, 4.69) is 31.0 Å². The maximum atomic E-state index is 10.8. The Morgan fingerprint density at radius 3 is 2.71 bits per heavy atom. The lowest BCUT2D eigenvalue weighted by atomic mass is 9.99. The minimum absolute atomic E-state index is 0.0953. The second kappa shape index (κ2) is 7.78. The number of hydrogen-bond donors (Lipinski definition) is 2. The van der Waals surface area contributed by atoms with Crippen molar-refractivity contribution in [1.82, 2.24) is 10.2 Å². The van der Waals surface area contributed by atoms with Crippen molar-refractivity contribution >= 4 is 0 Å². The van der Waals surface area contributed by atoms with Gasteiger partial charge in [0.25, 0.3) is 0 Å². The van der Waals surface area contributed by atoms with Crippen LogP contribution in [0.15, 0.2) is 18.2 Å². The first kappa shape index (κ1) is 16.3. The second-order valence-electron chi connectivity index (χ2n) is 5.86. The van der Waals surface area contributed by atoms with Crippen LogP contribution in [0.2, 0.25) is 0 Å². The highest BCUT2D eigenvalue weighted by Gasteiger charge is 2.26. The summed E-state index contributed by atoms with van der Waals surface area (Å²) in [6, 6.07) is 6.16. The molecule has 2 rings (SSSR count). The number of aliphatic hydroxyl groups excluding tert-OH is 1. The van der Waals surface area contributed by atoms with Gasteiger partial charge in [0.1, 0.15) is 5.75 Å². The molecule has 2 unspecified atom stereocenters. The Morgan fingerprint density at radius 2 is 2.05 bits per heavy atom. The number of piperazine rings is 1. The summed E-state index contributed by atoms with van der Waals surface area (Å²) in [4.78, 5) is 2.34. The van der Waals surface area contributed by atoms with Gasteiger partial charge >= 0.3 is 0 Å². The lowest BCUT2D eigenvalue weighted by Gasteiger charge is -2.35. The molecule has 1 fully saturated rings. The molecule has 0 bridgehead atoms. The summed E-state index contributed by atoms with van der Waals surface area (Å²) in [5.41, 5.74) is 2.06. The predicted octanol–water partition coefficient (Wildman–Crippen LogP) is 2.11. The Hall–Kier alpha value is -1.10. The number of benzene rings is 1. The van der Waals surface area contributed by atoms with E-state index in [0.717, 1.165) is 49.5 Å². The Labute approximate surface area is 128 Å². The predicted molar refractivity (Wildman–Crippen MR) is 85.8 cm³/mol. The fourth-order valence-electron chi connectivity index (χ4n) is 2.79. The molecule has 118 valence electrons. The van der Waals surface area contributed by atoms with E-state index in [-0.39, 0.29) is 6.04 Å². The molecule has 4 nitrogen and oxygen atoms in total. The molecule has 1 saturated heterocycles. The van der Waals surface area contributed by atoms with E-state index in [1.807, 2.05) is 18.2 Å². The number of hydrogen-bond acceptors (Lipinski definition) is 4. The second-order valence-corrected chi connectivity index (χ2v) is 5.86. The van der Waals surface area contributed by atoms with Crippen molar-refractivity contribution in [3.63, 3.8) is 0 Å². The number of aryl methyl sites for hydroxylation is 1. The first-order valence-corrected chi connectivity index (χ1v) is 7.99. The SMILES string of the molecule is CCCOc1ccc(C)cc1C(O)C(C)N1CCNCC1. The van der Waals surface area contributed by atoms with Gasteiger partial charge in [0.15, 0.2) is 0 Å². The molecule has 0 radical (unpaired) electrons. The molecule has 1 aromatic carbocycles. The molecule has 0 aromatic heterocycles. The van der Waals surface area contributed by atoms with Gasteiger partial charge in [-0.1, -0.05) is 18.6 Å². The van der Waals surface area contributed by atoms with Crippen molar-refractivity contribution in [2.75, 3.05) is 32.8 Å². The van der Waals surface area contributed by atoms with E-state index in [4.69, 9.17) is 4.74 Å². The molecular formula is C17H28N2O2. The highest BCUT2D eigenvalue weighted by atomic mass is 16.5. The summed E-state index contributed by atoms with van der Waals surface area (Å²) in [7, 11) is 0. The van der Waals surface area contributed by atoms with E-state index in [9.17, 15) is 5.11 Å². The monoisotopic (exact) mass is 292 g/mol. The maximum Gasteiger partial charge on any atom is 0.125 e. The summed E-state index contributed by atoms with van der Waals surface area (Å²) in [5, 5.41) is 14.2. The number of nitrogens with one attached hydrogen (secondary N) is 1. The Balaban J connectivity index is 2.15. The van der Waals surface area contributed by atoms with Crippen LogP contribution in [-0.4, -0.2) is 48.8 Å². The number of rotatable bonds is 6. The minimum Gasteiger partial charge on any atom is -0.493 e.